The number of hydrogen-bond acceptors (Lipinski definition) is 3. The summed E-state index contributed by atoms with van der Waals surface area (Å²) < 4.78 is 13.0. The third-order valence-corrected chi connectivity index (χ3v) is 2.97. The number of amides is 1. The number of aromatic amines is 1. The Morgan fingerprint density at radius 1 is 1.30 bits per heavy atom. The van der Waals surface area contributed by atoms with Crippen LogP contribution < -0.4 is 5.32 Å². The second-order valence-electron chi connectivity index (χ2n) is 5.66. The number of halogens is 1. The molecule has 2 N–H and O–H groups in total. The molecular formula is C14H17FN4O. The number of nitrogens with zero attached hydrogens (tertiary/aromatic N) is 2. The molecule has 1 heterocycles. The molecule has 0 aliphatic heterocycles. The molecular weight excluding hydrogens is 259 g/mol. The molecule has 1 amide bonds. The quantitative estimate of drug-likeness (QED) is 0.904. The van der Waals surface area contributed by atoms with Crippen molar-refractivity contribution in [3.63, 3.8) is 0 Å². The lowest BCUT2D eigenvalue weighted by atomic mass is 9.82. The Morgan fingerprint density at radius 3 is 2.45 bits per heavy atom. The lowest BCUT2D eigenvalue weighted by Gasteiger charge is -2.31. The van der Waals surface area contributed by atoms with Gasteiger partial charge < -0.3 is 5.32 Å². The van der Waals surface area contributed by atoms with E-state index >= 15 is 0 Å². The van der Waals surface area contributed by atoms with Crippen molar-refractivity contribution in [2.45, 2.75) is 26.8 Å². The minimum absolute atomic E-state index is 0.154. The molecule has 20 heavy (non-hydrogen) atoms. The Balaban J connectivity index is 2.25. The van der Waals surface area contributed by atoms with E-state index in [0.29, 0.717) is 0 Å². The van der Waals surface area contributed by atoms with Crippen LogP contribution in [0.3, 0.4) is 0 Å². The summed E-state index contributed by atoms with van der Waals surface area (Å²) in [6, 6.07) is 5.85. The second-order valence-corrected chi connectivity index (χ2v) is 5.66. The van der Waals surface area contributed by atoms with Gasteiger partial charge in [-0.05, 0) is 23.1 Å². The van der Waals surface area contributed by atoms with E-state index in [9.17, 15) is 9.18 Å². The van der Waals surface area contributed by atoms with E-state index in [1.807, 2.05) is 20.8 Å². The van der Waals surface area contributed by atoms with Gasteiger partial charge in [-0.3, -0.25) is 9.89 Å². The molecule has 2 aromatic rings. The van der Waals surface area contributed by atoms with Gasteiger partial charge in [-0.2, -0.15) is 5.10 Å². The van der Waals surface area contributed by atoms with Gasteiger partial charge in [0.05, 0.1) is 6.04 Å². The van der Waals surface area contributed by atoms with E-state index in [0.717, 1.165) is 5.56 Å². The molecule has 0 aliphatic carbocycles. The normalized spacial score (nSPS) is 13.0. The third kappa shape index (κ3) is 3.20. The average Bonchev–Trinajstić information content (AvgIpc) is 2.89. The van der Waals surface area contributed by atoms with Crippen molar-refractivity contribution in [1.29, 1.82) is 0 Å². The van der Waals surface area contributed by atoms with E-state index in [2.05, 4.69) is 20.5 Å². The molecule has 0 saturated heterocycles. The number of carbonyl (C=O) groups excluding carboxylic acids is 1. The van der Waals surface area contributed by atoms with E-state index in [1.54, 1.807) is 12.1 Å². The molecule has 0 aliphatic rings. The summed E-state index contributed by atoms with van der Waals surface area (Å²) in [5.41, 5.74) is 0.611. The number of aromatic nitrogens is 3. The lowest BCUT2D eigenvalue weighted by molar-refractivity contribution is 0.0891. The lowest BCUT2D eigenvalue weighted by Crippen LogP contribution is -2.37. The number of carbonyl (C=O) groups is 1. The fraction of sp³-hybridized carbons (Fsp3) is 0.357. The number of nitrogens with one attached hydrogen (secondary N) is 2. The highest BCUT2D eigenvalue weighted by Crippen LogP contribution is 2.32. The maximum Gasteiger partial charge on any atom is 0.289 e. The van der Waals surface area contributed by atoms with Crippen molar-refractivity contribution in [2.75, 3.05) is 0 Å². The van der Waals surface area contributed by atoms with Crippen LogP contribution in [0.2, 0.25) is 0 Å². The molecule has 106 valence electrons. The zero-order valence-corrected chi connectivity index (χ0v) is 11.6. The fourth-order valence-electron chi connectivity index (χ4n) is 1.97. The molecule has 0 spiro atoms. The van der Waals surface area contributed by atoms with Crippen LogP contribution in [0.15, 0.2) is 30.6 Å². The maximum absolute atomic E-state index is 13.0. The van der Waals surface area contributed by atoms with Crippen molar-refractivity contribution in [3.05, 3.63) is 47.8 Å². The SMILES string of the molecule is CC(C)(C)C(NC(=O)c1ncn[nH]1)c1ccc(F)cc1. The van der Waals surface area contributed by atoms with Crippen molar-refractivity contribution in [3.8, 4) is 0 Å². The van der Waals surface area contributed by atoms with E-state index in [4.69, 9.17) is 0 Å². The Kier molecular flexibility index (Phi) is 3.83. The molecule has 2 rings (SSSR count). The number of hydrogen-bond donors (Lipinski definition) is 2. The van der Waals surface area contributed by atoms with Gasteiger partial charge >= 0.3 is 0 Å². The Bertz CT molecular complexity index is 572. The second kappa shape index (κ2) is 5.40. The highest BCUT2D eigenvalue weighted by molar-refractivity contribution is 5.90. The first-order valence-corrected chi connectivity index (χ1v) is 6.29. The summed E-state index contributed by atoms with van der Waals surface area (Å²) in [6.45, 7) is 6.01. The molecule has 1 atom stereocenters. The summed E-state index contributed by atoms with van der Waals surface area (Å²) >= 11 is 0. The van der Waals surface area contributed by atoms with Gasteiger partial charge in [-0.15, -0.1) is 0 Å². The summed E-state index contributed by atoms with van der Waals surface area (Å²) in [7, 11) is 0. The molecule has 0 bridgehead atoms. The van der Waals surface area contributed by atoms with E-state index < -0.39 is 0 Å². The van der Waals surface area contributed by atoms with Crippen LogP contribution in [-0.2, 0) is 0 Å². The molecule has 0 fully saturated rings. The Labute approximate surface area is 116 Å². The predicted molar refractivity (Wildman–Crippen MR) is 72.4 cm³/mol. The molecule has 1 aromatic heterocycles. The summed E-state index contributed by atoms with van der Waals surface area (Å²) in [6.07, 6.45) is 1.28. The van der Waals surface area contributed by atoms with Gasteiger partial charge in [0.15, 0.2) is 0 Å². The van der Waals surface area contributed by atoms with Crippen LogP contribution in [0, 0.1) is 11.2 Å². The van der Waals surface area contributed by atoms with Crippen molar-refractivity contribution in [1.82, 2.24) is 20.5 Å². The monoisotopic (exact) mass is 276 g/mol. The predicted octanol–water partition coefficient (Wildman–Crippen LogP) is 2.46. The molecule has 5 nitrogen and oxygen atoms in total. The minimum atomic E-state index is -0.341. The topological polar surface area (TPSA) is 70.7 Å². The first kappa shape index (κ1) is 14.2. The van der Waals surface area contributed by atoms with Gasteiger partial charge in [0, 0.05) is 0 Å². The zero-order chi connectivity index (χ0) is 14.8. The molecule has 0 saturated carbocycles. The Hall–Kier alpha value is -2.24. The molecule has 6 heteroatoms. The number of H-pyrrole nitrogens is 1. The first-order valence-electron chi connectivity index (χ1n) is 6.29. The van der Waals surface area contributed by atoms with Gasteiger partial charge in [-0.1, -0.05) is 32.9 Å². The van der Waals surface area contributed by atoms with Gasteiger partial charge in [0.1, 0.15) is 12.1 Å². The van der Waals surface area contributed by atoms with Crippen LogP contribution >= 0.6 is 0 Å². The van der Waals surface area contributed by atoms with Gasteiger partial charge in [0.2, 0.25) is 5.82 Å². The molecule has 1 aromatic carbocycles. The van der Waals surface area contributed by atoms with Crippen LogP contribution in [0.1, 0.15) is 43.0 Å². The van der Waals surface area contributed by atoms with Crippen molar-refractivity contribution >= 4 is 5.91 Å². The van der Waals surface area contributed by atoms with Crippen molar-refractivity contribution < 1.29 is 9.18 Å². The molecule has 0 radical (unpaired) electrons. The van der Waals surface area contributed by atoms with Crippen LogP contribution in [-0.4, -0.2) is 21.1 Å². The highest BCUT2D eigenvalue weighted by atomic mass is 19.1. The standard InChI is InChI=1S/C14H17FN4O/c1-14(2,3)11(9-4-6-10(15)7-5-9)18-13(20)12-16-8-17-19-12/h4-8,11H,1-3H3,(H,18,20)(H,16,17,19). The largest absolute Gasteiger partial charge is 0.342 e. The van der Waals surface area contributed by atoms with Crippen LogP contribution in [0.5, 0.6) is 0 Å². The maximum atomic E-state index is 13.0. The minimum Gasteiger partial charge on any atom is -0.342 e. The third-order valence-electron chi connectivity index (χ3n) is 2.97. The van der Waals surface area contributed by atoms with Crippen LogP contribution in [0.4, 0.5) is 4.39 Å². The van der Waals surface area contributed by atoms with Gasteiger partial charge in [-0.25, -0.2) is 9.37 Å². The zero-order valence-electron chi connectivity index (χ0n) is 11.6. The van der Waals surface area contributed by atoms with Crippen molar-refractivity contribution in [2.24, 2.45) is 5.41 Å². The van der Waals surface area contributed by atoms with Crippen LogP contribution in [0.25, 0.3) is 0 Å². The van der Waals surface area contributed by atoms with E-state index in [1.165, 1.54) is 18.5 Å². The summed E-state index contributed by atoms with van der Waals surface area (Å²) in [5.74, 6) is -0.490. The van der Waals surface area contributed by atoms with E-state index in [-0.39, 0.29) is 29.0 Å². The summed E-state index contributed by atoms with van der Waals surface area (Å²) in [4.78, 5) is 15.9. The first-order chi connectivity index (χ1) is 9.38. The number of benzene rings is 1. The highest BCUT2D eigenvalue weighted by Gasteiger charge is 2.28. The smallest absolute Gasteiger partial charge is 0.289 e. The fourth-order valence-corrected chi connectivity index (χ4v) is 1.97. The molecule has 1 unspecified atom stereocenters. The van der Waals surface area contributed by atoms with Gasteiger partial charge in [0.25, 0.3) is 5.91 Å². The number of rotatable bonds is 3. The summed E-state index contributed by atoms with van der Waals surface area (Å²) in [5, 5.41) is 9.07. The average molecular weight is 276 g/mol. The Morgan fingerprint density at radius 2 is 1.95 bits per heavy atom.